The van der Waals surface area contributed by atoms with Crippen LogP contribution in [0.2, 0.25) is 0 Å². The van der Waals surface area contributed by atoms with E-state index in [9.17, 15) is 12.8 Å². The van der Waals surface area contributed by atoms with Gasteiger partial charge in [0, 0.05) is 11.8 Å². The molecule has 0 spiro atoms. The van der Waals surface area contributed by atoms with Crippen LogP contribution in [0.15, 0.2) is 22.7 Å². The minimum absolute atomic E-state index is 0.120. The molecule has 1 aromatic carbocycles. The molecule has 0 saturated carbocycles. The van der Waals surface area contributed by atoms with Crippen molar-refractivity contribution in [1.29, 1.82) is 0 Å². The lowest BCUT2D eigenvalue weighted by Gasteiger charge is -2.18. The van der Waals surface area contributed by atoms with E-state index >= 15 is 0 Å². The zero-order valence-corrected chi connectivity index (χ0v) is 13.1. The number of hydrogen-bond acceptors (Lipinski definition) is 4. The van der Waals surface area contributed by atoms with E-state index in [1.807, 2.05) is 0 Å². The van der Waals surface area contributed by atoms with E-state index in [0.717, 1.165) is 0 Å². The fraction of sp³-hybridized carbons (Fsp3) is 0.500. The third kappa shape index (κ3) is 4.83. The second-order valence-corrected chi connectivity index (χ2v) is 7.51. The van der Waals surface area contributed by atoms with Crippen LogP contribution in [-0.4, -0.2) is 19.9 Å². The van der Waals surface area contributed by atoms with Crippen molar-refractivity contribution in [2.24, 2.45) is 5.84 Å². The number of nitrogens with one attached hydrogen (secondary N) is 1. The third-order valence-corrected chi connectivity index (χ3v) is 5.57. The summed E-state index contributed by atoms with van der Waals surface area (Å²) in [6, 6.07) is 4.43. The second kappa shape index (κ2) is 7.33. The summed E-state index contributed by atoms with van der Waals surface area (Å²) in [5.41, 5.74) is 3.29. The highest BCUT2D eigenvalue weighted by atomic mass is 79.9. The Balaban J connectivity index is 2.71. The zero-order valence-electron chi connectivity index (χ0n) is 10.7. The van der Waals surface area contributed by atoms with Gasteiger partial charge in [0.25, 0.3) is 0 Å². The normalized spacial score (nSPS) is 13.5. The molecule has 0 aliphatic heterocycles. The SMILES string of the molecule is CCS(=O)(=O)CCCC(NN)c1cccc(F)c1Br. The van der Waals surface area contributed by atoms with Crippen LogP contribution >= 0.6 is 15.9 Å². The molecule has 0 aliphatic carbocycles. The maximum atomic E-state index is 13.4. The quantitative estimate of drug-likeness (QED) is 0.583. The molecule has 0 radical (unpaired) electrons. The molecule has 7 heteroatoms. The lowest BCUT2D eigenvalue weighted by Crippen LogP contribution is -2.29. The minimum atomic E-state index is -2.98. The van der Waals surface area contributed by atoms with Gasteiger partial charge in [0.15, 0.2) is 0 Å². The van der Waals surface area contributed by atoms with Crippen molar-refractivity contribution in [1.82, 2.24) is 5.43 Å². The van der Waals surface area contributed by atoms with E-state index in [2.05, 4.69) is 21.4 Å². The molecule has 1 rings (SSSR count). The first-order valence-corrected chi connectivity index (χ1v) is 8.63. The third-order valence-electron chi connectivity index (χ3n) is 2.95. The van der Waals surface area contributed by atoms with E-state index < -0.39 is 9.84 Å². The smallest absolute Gasteiger partial charge is 0.150 e. The molecule has 1 aromatic rings. The van der Waals surface area contributed by atoms with Gasteiger partial charge in [0.2, 0.25) is 0 Å². The number of benzene rings is 1. The molecule has 19 heavy (non-hydrogen) atoms. The lowest BCUT2D eigenvalue weighted by atomic mass is 10.0. The highest BCUT2D eigenvalue weighted by Crippen LogP contribution is 2.28. The zero-order chi connectivity index (χ0) is 14.5. The summed E-state index contributed by atoms with van der Waals surface area (Å²) in [7, 11) is -2.98. The van der Waals surface area contributed by atoms with Gasteiger partial charge in [-0.1, -0.05) is 19.1 Å². The number of nitrogens with two attached hydrogens (primary N) is 1. The number of halogens is 2. The molecule has 108 valence electrons. The average Bonchev–Trinajstić information content (AvgIpc) is 2.38. The van der Waals surface area contributed by atoms with Crippen LogP contribution in [0.25, 0.3) is 0 Å². The Bertz CT molecular complexity index is 522. The van der Waals surface area contributed by atoms with Crippen LogP contribution in [0.1, 0.15) is 31.4 Å². The van der Waals surface area contributed by atoms with Crippen LogP contribution in [0, 0.1) is 5.82 Å². The van der Waals surface area contributed by atoms with Crippen LogP contribution < -0.4 is 11.3 Å². The molecule has 0 aromatic heterocycles. The fourth-order valence-corrected chi connectivity index (χ4v) is 3.21. The maximum Gasteiger partial charge on any atom is 0.150 e. The Hall–Kier alpha value is -0.500. The Kier molecular flexibility index (Phi) is 6.38. The van der Waals surface area contributed by atoms with Gasteiger partial charge >= 0.3 is 0 Å². The Morgan fingerprint density at radius 2 is 2.16 bits per heavy atom. The van der Waals surface area contributed by atoms with Crippen molar-refractivity contribution >= 4 is 25.8 Å². The predicted molar refractivity (Wildman–Crippen MR) is 77.7 cm³/mol. The van der Waals surface area contributed by atoms with Gasteiger partial charge in [-0.05, 0) is 40.4 Å². The summed E-state index contributed by atoms with van der Waals surface area (Å²) in [5.74, 6) is 5.36. The number of hydrogen-bond donors (Lipinski definition) is 2. The number of sulfone groups is 1. The van der Waals surface area contributed by atoms with Crippen molar-refractivity contribution in [3.63, 3.8) is 0 Å². The molecule has 0 saturated heterocycles. The number of hydrazine groups is 1. The van der Waals surface area contributed by atoms with Gasteiger partial charge < -0.3 is 0 Å². The van der Waals surface area contributed by atoms with Gasteiger partial charge in [-0.25, -0.2) is 12.8 Å². The van der Waals surface area contributed by atoms with Crippen LogP contribution in [0.4, 0.5) is 4.39 Å². The van der Waals surface area contributed by atoms with E-state index in [4.69, 9.17) is 5.84 Å². The van der Waals surface area contributed by atoms with E-state index in [0.29, 0.717) is 22.9 Å². The molecule has 0 aliphatic rings. The lowest BCUT2D eigenvalue weighted by molar-refractivity contribution is 0.500. The van der Waals surface area contributed by atoms with Gasteiger partial charge in [-0.2, -0.15) is 0 Å². The second-order valence-electron chi connectivity index (χ2n) is 4.24. The molecule has 0 fully saturated rings. The van der Waals surface area contributed by atoms with Gasteiger partial charge in [0.1, 0.15) is 15.7 Å². The van der Waals surface area contributed by atoms with Crippen LogP contribution in [-0.2, 0) is 9.84 Å². The first-order valence-electron chi connectivity index (χ1n) is 6.01. The first-order chi connectivity index (χ1) is 8.91. The number of rotatable bonds is 7. The van der Waals surface area contributed by atoms with Crippen LogP contribution in [0.3, 0.4) is 0 Å². The summed E-state index contributed by atoms with van der Waals surface area (Å²) in [6.45, 7) is 1.62. The molecule has 1 atom stereocenters. The highest BCUT2D eigenvalue weighted by Gasteiger charge is 2.16. The summed E-state index contributed by atoms with van der Waals surface area (Å²) in [6.07, 6.45) is 1.01. The van der Waals surface area contributed by atoms with E-state index in [1.54, 1.807) is 19.1 Å². The van der Waals surface area contributed by atoms with Crippen LogP contribution in [0.5, 0.6) is 0 Å². The topological polar surface area (TPSA) is 72.2 Å². The Morgan fingerprint density at radius 1 is 1.47 bits per heavy atom. The summed E-state index contributed by atoms with van der Waals surface area (Å²) in [5, 5.41) is 0. The highest BCUT2D eigenvalue weighted by molar-refractivity contribution is 9.10. The summed E-state index contributed by atoms with van der Waals surface area (Å²) in [4.78, 5) is 0. The van der Waals surface area contributed by atoms with Crippen molar-refractivity contribution in [2.45, 2.75) is 25.8 Å². The predicted octanol–water partition coefficient (Wildman–Crippen LogP) is 2.31. The minimum Gasteiger partial charge on any atom is -0.271 e. The maximum absolute atomic E-state index is 13.4. The van der Waals surface area contributed by atoms with E-state index in [-0.39, 0.29) is 23.4 Å². The summed E-state index contributed by atoms with van der Waals surface area (Å²) < 4.78 is 36.6. The average molecular weight is 353 g/mol. The largest absolute Gasteiger partial charge is 0.271 e. The molecular formula is C12H18BrFN2O2S. The molecule has 1 unspecified atom stereocenters. The fourth-order valence-electron chi connectivity index (χ4n) is 1.77. The molecule has 0 bridgehead atoms. The first kappa shape index (κ1) is 16.6. The van der Waals surface area contributed by atoms with Crippen molar-refractivity contribution in [2.75, 3.05) is 11.5 Å². The standard InChI is InChI=1S/C12H18BrFN2O2S/c1-2-19(17,18)8-4-7-11(16-15)9-5-3-6-10(14)12(9)13/h3,5-6,11,16H,2,4,7-8,15H2,1H3. The van der Waals surface area contributed by atoms with E-state index in [1.165, 1.54) is 6.07 Å². The van der Waals surface area contributed by atoms with Crippen molar-refractivity contribution < 1.29 is 12.8 Å². The molecule has 4 nitrogen and oxygen atoms in total. The van der Waals surface area contributed by atoms with Gasteiger partial charge in [-0.3, -0.25) is 11.3 Å². The van der Waals surface area contributed by atoms with Crippen molar-refractivity contribution in [3.8, 4) is 0 Å². The Labute approximate surface area is 121 Å². The van der Waals surface area contributed by atoms with Gasteiger partial charge in [-0.15, -0.1) is 0 Å². The molecule has 3 N–H and O–H groups in total. The molecular weight excluding hydrogens is 335 g/mol. The molecule has 0 heterocycles. The summed E-state index contributed by atoms with van der Waals surface area (Å²) >= 11 is 3.18. The van der Waals surface area contributed by atoms with Crippen molar-refractivity contribution in [3.05, 3.63) is 34.1 Å². The van der Waals surface area contributed by atoms with Gasteiger partial charge in [0.05, 0.1) is 10.2 Å². The Morgan fingerprint density at radius 3 is 2.74 bits per heavy atom. The monoisotopic (exact) mass is 352 g/mol. The molecule has 0 amide bonds.